The fourth-order valence-corrected chi connectivity index (χ4v) is 7.51. The van der Waals surface area contributed by atoms with E-state index in [4.69, 9.17) is 16.3 Å². The van der Waals surface area contributed by atoms with Gasteiger partial charge in [0.05, 0.1) is 17.7 Å². The van der Waals surface area contributed by atoms with E-state index in [1.54, 1.807) is 30.3 Å². The summed E-state index contributed by atoms with van der Waals surface area (Å²) in [6, 6.07) is 26.1. The van der Waals surface area contributed by atoms with Gasteiger partial charge in [0, 0.05) is 24.0 Å². The van der Waals surface area contributed by atoms with Crippen molar-refractivity contribution in [1.82, 2.24) is 10.2 Å². The summed E-state index contributed by atoms with van der Waals surface area (Å²) in [5.41, 5.74) is 1.59. The van der Waals surface area contributed by atoms with Gasteiger partial charge in [0.15, 0.2) is 0 Å². The third-order valence-electron chi connectivity index (χ3n) is 8.51. The lowest BCUT2D eigenvalue weighted by Crippen LogP contribution is -2.55. The van der Waals surface area contributed by atoms with Gasteiger partial charge < -0.3 is 15.0 Å². The van der Waals surface area contributed by atoms with Crippen molar-refractivity contribution in [1.29, 1.82) is 0 Å². The van der Waals surface area contributed by atoms with Crippen LogP contribution in [0.3, 0.4) is 0 Å². The number of carbonyl (C=O) groups excluding carboxylic acids is 2. The first kappa shape index (κ1) is 34.9. The smallest absolute Gasteiger partial charge is 0.264 e. The first-order chi connectivity index (χ1) is 23.1. The van der Waals surface area contributed by atoms with Crippen molar-refractivity contribution in [2.45, 2.75) is 62.0 Å². The molecular formula is C37H39ClFN3O5S. The molecule has 1 saturated carbocycles. The second kappa shape index (κ2) is 16.1. The fraction of sp³-hybridized carbons (Fsp3) is 0.297. The number of ether oxygens (including phenoxy) is 1. The molecule has 0 radical (unpaired) electrons. The minimum absolute atomic E-state index is 0.0225. The number of rotatable bonds is 13. The van der Waals surface area contributed by atoms with Crippen LogP contribution in [-0.4, -0.2) is 50.9 Å². The number of nitrogens with zero attached hydrogens (tertiary/aromatic N) is 2. The summed E-state index contributed by atoms with van der Waals surface area (Å²) < 4.78 is 48.5. The average molecular weight is 692 g/mol. The molecule has 1 atom stereocenters. The van der Waals surface area contributed by atoms with Crippen molar-refractivity contribution in [3.63, 3.8) is 0 Å². The Morgan fingerprint density at radius 1 is 0.896 bits per heavy atom. The van der Waals surface area contributed by atoms with E-state index in [1.807, 2.05) is 30.3 Å². The molecule has 1 unspecified atom stereocenters. The Morgan fingerprint density at radius 2 is 1.58 bits per heavy atom. The quantitative estimate of drug-likeness (QED) is 0.167. The van der Waals surface area contributed by atoms with Crippen LogP contribution in [-0.2, 0) is 32.6 Å². The van der Waals surface area contributed by atoms with Crippen LogP contribution in [0, 0.1) is 5.82 Å². The molecule has 0 saturated heterocycles. The Kier molecular flexibility index (Phi) is 11.7. The van der Waals surface area contributed by atoms with Gasteiger partial charge >= 0.3 is 0 Å². The summed E-state index contributed by atoms with van der Waals surface area (Å²) in [5.74, 6) is -0.910. The second-order valence-electron chi connectivity index (χ2n) is 11.9. The fourth-order valence-electron chi connectivity index (χ4n) is 5.92. The predicted octanol–water partition coefficient (Wildman–Crippen LogP) is 6.77. The van der Waals surface area contributed by atoms with Gasteiger partial charge in [0.2, 0.25) is 11.8 Å². The maximum Gasteiger partial charge on any atom is 0.264 e. The molecule has 1 aliphatic carbocycles. The summed E-state index contributed by atoms with van der Waals surface area (Å²) in [7, 11) is -2.83. The first-order valence-electron chi connectivity index (χ1n) is 15.9. The molecule has 1 N–H and O–H groups in total. The van der Waals surface area contributed by atoms with E-state index in [9.17, 15) is 22.4 Å². The van der Waals surface area contributed by atoms with Crippen LogP contribution < -0.4 is 14.4 Å². The zero-order valence-corrected chi connectivity index (χ0v) is 28.3. The van der Waals surface area contributed by atoms with Crippen LogP contribution in [0.2, 0.25) is 5.02 Å². The van der Waals surface area contributed by atoms with Crippen LogP contribution in [0.1, 0.15) is 43.2 Å². The molecule has 0 heterocycles. The Morgan fingerprint density at radius 3 is 2.23 bits per heavy atom. The van der Waals surface area contributed by atoms with Crippen LogP contribution in [0.5, 0.6) is 5.75 Å². The van der Waals surface area contributed by atoms with Crippen LogP contribution in [0.25, 0.3) is 0 Å². The van der Waals surface area contributed by atoms with Crippen molar-refractivity contribution in [2.75, 3.05) is 18.0 Å². The molecule has 0 bridgehead atoms. The lowest BCUT2D eigenvalue weighted by molar-refractivity contribution is -0.140. The molecule has 11 heteroatoms. The molecule has 252 valence electrons. The number of hydrogen-bond acceptors (Lipinski definition) is 5. The molecule has 0 aromatic heterocycles. The number of methoxy groups -OCH3 is 1. The summed E-state index contributed by atoms with van der Waals surface area (Å²) >= 11 is 6.30. The molecule has 48 heavy (non-hydrogen) atoms. The van der Waals surface area contributed by atoms with Crippen LogP contribution in [0.15, 0.2) is 108 Å². The molecule has 4 aromatic carbocycles. The summed E-state index contributed by atoms with van der Waals surface area (Å²) in [5, 5.41) is 3.46. The molecule has 4 aromatic rings. The van der Waals surface area contributed by atoms with Gasteiger partial charge in [0.25, 0.3) is 10.0 Å². The van der Waals surface area contributed by atoms with Gasteiger partial charge in [-0.15, -0.1) is 0 Å². The van der Waals surface area contributed by atoms with Gasteiger partial charge in [-0.1, -0.05) is 79.4 Å². The van der Waals surface area contributed by atoms with Crippen molar-refractivity contribution in [3.8, 4) is 5.75 Å². The third-order valence-corrected chi connectivity index (χ3v) is 10.5. The van der Waals surface area contributed by atoms with E-state index >= 15 is 0 Å². The molecule has 5 rings (SSSR count). The second-order valence-corrected chi connectivity index (χ2v) is 14.2. The zero-order valence-electron chi connectivity index (χ0n) is 26.7. The number of halogens is 2. The summed E-state index contributed by atoms with van der Waals surface area (Å²) in [4.78, 5) is 30.1. The van der Waals surface area contributed by atoms with E-state index in [2.05, 4.69) is 5.32 Å². The topological polar surface area (TPSA) is 96.0 Å². The Bertz CT molecular complexity index is 1780. The van der Waals surface area contributed by atoms with Gasteiger partial charge in [0.1, 0.15) is 24.2 Å². The highest BCUT2D eigenvalue weighted by Gasteiger charge is 2.35. The number of benzene rings is 4. The normalized spacial score (nSPS) is 14.1. The molecular weight excluding hydrogens is 653 g/mol. The number of anilines is 1. The van der Waals surface area contributed by atoms with E-state index in [0.29, 0.717) is 11.3 Å². The van der Waals surface area contributed by atoms with Crippen molar-refractivity contribution in [3.05, 3.63) is 125 Å². The first-order valence-corrected chi connectivity index (χ1v) is 17.8. The molecule has 0 spiro atoms. The number of amides is 2. The van der Waals surface area contributed by atoms with Gasteiger partial charge in [-0.05, 0) is 78.6 Å². The highest BCUT2D eigenvalue weighted by Crippen LogP contribution is 2.28. The van der Waals surface area contributed by atoms with Gasteiger partial charge in [-0.3, -0.25) is 13.9 Å². The highest BCUT2D eigenvalue weighted by atomic mass is 35.5. The van der Waals surface area contributed by atoms with Crippen molar-refractivity contribution >= 4 is 39.1 Å². The molecule has 1 aliphatic rings. The Hall–Kier alpha value is -4.41. The molecule has 1 fully saturated rings. The largest absolute Gasteiger partial charge is 0.497 e. The standard InChI is InChI=1S/C37H39ClFN3O5S/c1-47-33-19-21-34(22-20-33)48(45,46)42(32-14-8-11-29(38)24-32)26-36(43)41(25-28-15-17-30(39)18-16-28)35(23-27-9-4-2-5-10-27)37(44)40-31-12-6-3-7-13-31/h2,4-5,8-11,14-22,24,31,35H,3,6-7,12-13,23,25-26H2,1H3,(H,40,44). The molecule has 8 nitrogen and oxygen atoms in total. The minimum Gasteiger partial charge on any atom is -0.497 e. The van der Waals surface area contributed by atoms with E-state index in [0.717, 1.165) is 42.0 Å². The third kappa shape index (κ3) is 8.93. The number of carbonyl (C=O) groups is 2. The number of sulfonamides is 1. The number of hydrogen-bond donors (Lipinski definition) is 1. The Balaban J connectivity index is 1.56. The molecule has 2 amide bonds. The average Bonchev–Trinajstić information content (AvgIpc) is 3.10. The minimum atomic E-state index is -4.31. The lowest BCUT2D eigenvalue weighted by atomic mass is 9.94. The zero-order chi connectivity index (χ0) is 34.1. The van der Waals surface area contributed by atoms with Gasteiger partial charge in [-0.25, -0.2) is 12.8 Å². The Labute approximate surface area is 286 Å². The van der Waals surface area contributed by atoms with Crippen LogP contribution >= 0.6 is 11.6 Å². The lowest BCUT2D eigenvalue weighted by Gasteiger charge is -2.35. The number of nitrogens with one attached hydrogen (secondary N) is 1. The van der Waals surface area contributed by atoms with Crippen molar-refractivity contribution in [2.24, 2.45) is 0 Å². The van der Waals surface area contributed by atoms with Gasteiger partial charge in [-0.2, -0.15) is 0 Å². The SMILES string of the molecule is COc1ccc(S(=O)(=O)N(CC(=O)N(Cc2ccc(F)cc2)C(Cc2ccccc2)C(=O)NC2CCCCC2)c2cccc(Cl)c2)cc1. The summed E-state index contributed by atoms with van der Waals surface area (Å²) in [6.07, 6.45) is 5.00. The van der Waals surface area contributed by atoms with Crippen LogP contribution in [0.4, 0.5) is 10.1 Å². The maximum absolute atomic E-state index is 14.6. The van der Waals surface area contributed by atoms with E-state index in [-0.39, 0.29) is 40.5 Å². The monoisotopic (exact) mass is 691 g/mol. The van der Waals surface area contributed by atoms with E-state index < -0.39 is 34.3 Å². The molecule has 0 aliphatic heterocycles. The van der Waals surface area contributed by atoms with E-state index in [1.165, 1.54) is 54.5 Å². The van der Waals surface area contributed by atoms with Crippen molar-refractivity contribution < 1.29 is 27.1 Å². The highest BCUT2D eigenvalue weighted by molar-refractivity contribution is 7.92. The predicted molar refractivity (Wildman–Crippen MR) is 185 cm³/mol. The summed E-state index contributed by atoms with van der Waals surface area (Å²) in [6.45, 7) is -0.682. The maximum atomic E-state index is 14.6.